The molecule has 118 valence electrons. The molecular formula is C18H18ClN3O. The second kappa shape index (κ2) is 6.42. The first-order valence-electron chi connectivity index (χ1n) is 7.61. The number of nitrogens with zero attached hydrogens (tertiary/aromatic N) is 2. The first-order chi connectivity index (χ1) is 11.1. The van der Waals surface area contributed by atoms with E-state index < -0.39 is 0 Å². The number of carbonyl (C=O) groups excluding carboxylic acids is 1. The Labute approximate surface area is 140 Å². The minimum Gasteiger partial charge on any atom is -0.342 e. The van der Waals surface area contributed by atoms with E-state index in [9.17, 15) is 4.79 Å². The van der Waals surface area contributed by atoms with Crippen molar-refractivity contribution in [3.63, 3.8) is 0 Å². The third kappa shape index (κ3) is 3.08. The van der Waals surface area contributed by atoms with Crippen molar-refractivity contribution in [2.45, 2.75) is 26.4 Å². The molecule has 4 nitrogen and oxygen atoms in total. The van der Waals surface area contributed by atoms with E-state index in [2.05, 4.69) is 21.8 Å². The second-order valence-corrected chi connectivity index (χ2v) is 5.84. The summed E-state index contributed by atoms with van der Waals surface area (Å²) in [5, 5.41) is 3.62. The summed E-state index contributed by atoms with van der Waals surface area (Å²) in [5.74, 6) is 0.722. The Morgan fingerprint density at radius 2 is 1.91 bits per heavy atom. The number of nitrogens with one attached hydrogen (secondary N) is 1. The lowest BCUT2D eigenvalue weighted by Gasteiger charge is -2.15. The fraction of sp³-hybridized carbons (Fsp3) is 0.222. The van der Waals surface area contributed by atoms with Crippen LogP contribution in [0.25, 0.3) is 11.0 Å². The van der Waals surface area contributed by atoms with E-state index in [1.165, 1.54) is 0 Å². The number of halogens is 1. The lowest BCUT2D eigenvalue weighted by Crippen LogP contribution is -2.28. The van der Waals surface area contributed by atoms with E-state index in [1.807, 2.05) is 31.2 Å². The first kappa shape index (κ1) is 15.6. The predicted octanol–water partition coefficient (Wildman–Crippen LogP) is 4.20. The Morgan fingerprint density at radius 3 is 2.61 bits per heavy atom. The van der Waals surface area contributed by atoms with Gasteiger partial charge in [0.1, 0.15) is 5.82 Å². The first-order valence-corrected chi connectivity index (χ1v) is 7.99. The van der Waals surface area contributed by atoms with Crippen LogP contribution < -0.4 is 5.32 Å². The van der Waals surface area contributed by atoms with Crippen molar-refractivity contribution < 1.29 is 4.79 Å². The van der Waals surface area contributed by atoms with Gasteiger partial charge < -0.3 is 9.88 Å². The largest absolute Gasteiger partial charge is 0.342 e. The highest BCUT2D eigenvalue weighted by atomic mass is 35.5. The lowest BCUT2D eigenvalue weighted by molar-refractivity contribution is 0.0937. The maximum Gasteiger partial charge on any atom is 0.251 e. The number of rotatable bonds is 4. The van der Waals surface area contributed by atoms with Crippen LogP contribution in [0.4, 0.5) is 0 Å². The average molecular weight is 328 g/mol. The molecule has 0 aliphatic rings. The smallest absolute Gasteiger partial charge is 0.251 e. The van der Waals surface area contributed by atoms with Crippen molar-refractivity contribution in [1.82, 2.24) is 14.9 Å². The van der Waals surface area contributed by atoms with E-state index in [1.54, 1.807) is 24.3 Å². The molecule has 5 heteroatoms. The van der Waals surface area contributed by atoms with Crippen LogP contribution in [0.3, 0.4) is 0 Å². The maximum absolute atomic E-state index is 12.4. The Bertz CT molecular complexity index is 839. The number of aryl methyl sites for hydroxylation is 1. The zero-order chi connectivity index (χ0) is 16.4. The maximum atomic E-state index is 12.4. The van der Waals surface area contributed by atoms with Gasteiger partial charge in [-0.25, -0.2) is 4.98 Å². The highest BCUT2D eigenvalue weighted by molar-refractivity contribution is 6.30. The average Bonchev–Trinajstić information content (AvgIpc) is 2.94. The molecular weight excluding hydrogens is 310 g/mol. The van der Waals surface area contributed by atoms with Gasteiger partial charge in [-0.15, -0.1) is 0 Å². The quantitative estimate of drug-likeness (QED) is 0.780. The Kier molecular flexibility index (Phi) is 4.35. The molecule has 1 N–H and O–H groups in total. The molecule has 0 saturated carbocycles. The number of para-hydroxylation sites is 2. The number of carbonyl (C=O) groups is 1. The molecule has 1 aromatic heterocycles. The van der Waals surface area contributed by atoms with Gasteiger partial charge >= 0.3 is 0 Å². The molecule has 0 saturated heterocycles. The molecule has 0 fully saturated rings. The normalized spacial score (nSPS) is 12.3. The van der Waals surface area contributed by atoms with E-state index in [4.69, 9.17) is 11.6 Å². The van der Waals surface area contributed by atoms with Gasteiger partial charge in [-0.2, -0.15) is 0 Å². The minimum absolute atomic E-state index is 0.135. The van der Waals surface area contributed by atoms with Crippen LogP contribution in [0.5, 0.6) is 0 Å². The fourth-order valence-corrected chi connectivity index (χ4v) is 2.83. The molecule has 0 bridgehead atoms. The Morgan fingerprint density at radius 1 is 1.22 bits per heavy atom. The van der Waals surface area contributed by atoms with Crippen molar-refractivity contribution >= 4 is 28.5 Å². The highest BCUT2D eigenvalue weighted by Crippen LogP contribution is 2.21. The number of fused-ring (bicyclic) bond motifs is 1. The molecule has 0 aliphatic carbocycles. The van der Waals surface area contributed by atoms with Crippen LogP contribution in [0.15, 0.2) is 48.5 Å². The molecule has 1 atom stereocenters. The van der Waals surface area contributed by atoms with Crippen LogP contribution in [-0.4, -0.2) is 15.5 Å². The van der Waals surface area contributed by atoms with E-state index in [0.717, 1.165) is 23.4 Å². The molecule has 0 aliphatic heterocycles. The zero-order valence-corrected chi connectivity index (χ0v) is 13.8. The molecule has 2 aromatic carbocycles. The number of benzene rings is 2. The minimum atomic E-state index is -0.189. The summed E-state index contributed by atoms with van der Waals surface area (Å²) in [6.07, 6.45) is 0. The summed E-state index contributed by atoms with van der Waals surface area (Å²) >= 11 is 5.86. The summed E-state index contributed by atoms with van der Waals surface area (Å²) < 4.78 is 2.13. The van der Waals surface area contributed by atoms with Crippen LogP contribution in [0.1, 0.15) is 36.1 Å². The molecule has 3 rings (SSSR count). The lowest BCUT2D eigenvalue weighted by atomic mass is 10.2. The van der Waals surface area contributed by atoms with Gasteiger partial charge in [-0.3, -0.25) is 4.79 Å². The number of aromatic nitrogens is 2. The predicted molar refractivity (Wildman–Crippen MR) is 92.7 cm³/mol. The SMILES string of the molecule is CCn1c(C(C)NC(=O)c2ccc(Cl)cc2)nc2ccccc21. The van der Waals surface area contributed by atoms with Crippen molar-refractivity contribution in [3.8, 4) is 0 Å². The van der Waals surface area contributed by atoms with Gasteiger partial charge in [0.05, 0.1) is 17.1 Å². The fourth-order valence-electron chi connectivity index (χ4n) is 2.70. The summed E-state index contributed by atoms with van der Waals surface area (Å²) in [6, 6.07) is 14.7. The highest BCUT2D eigenvalue weighted by Gasteiger charge is 2.18. The van der Waals surface area contributed by atoms with Crippen LogP contribution >= 0.6 is 11.6 Å². The number of hydrogen-bond donors (Lipinski definition) is 1. The molecule has 0 radical (unpaired) electrons. The molecule has 1 amide bonds. The molecule has 1 unspecified atom stereocenters. The molecule has 0 spiro atoms. The van der Waals surface area contributed by atoms with Crippen molar-refractivity contribution in [3.05, 3.63) is 64.9 Å². The van der Waals surface area contributed by atoms with Crippen LogP contribution in [0.2, 0.25) is 5.02 Å². The van der Waals surface area contributed by atoms with Crippen molar-refractivity contribution in [2.24, 2.45) is 0 Å². The Hall–Kier alpha value is -2.33. The van der Waals surface area contributed by atoms with Gasteiger partial charge in [0.25, 0.3) is 5.91 Å². The molecule has 3 aromatic rings. The van der Waals surface area contributed by atoms with Gasteiger partial charge in [0.2, 0.25) is 0 Å². The third-order valence-electron chi connectivity index (χ3n) is 3.84. The van der Waals surface area contributed by atoms with E-state index in [0.29, 0.717) is 10.6 Å². The van der Waals surface area contributed by atoms with Gasteiger partial charge in [-0.1, -0.05) is 23.7 Å². The van der Waals surface area contributed by atoms with Gasteiger partial charge in [0, 0.05) is 17.1 Å². The van der Waals surface area contributed by atoms with Crippen LogP contribution in [-0.2, 0) is 6.54 Å². The van der Waals surface area contributed by atoms with E-state index in [-0.39, 0.29) is 11.9 Å². The van der Waals surface area contributed by atoms with Crippen molar-refractivity contribution in [1.29, 1.82) is 0 Å². The summed E-state index contributed by atoms with van der Waals surface area (Å²) in [5.41, 5.74) is 2.61. The van der Waals surface area contributed by atoms with E-state index >= 15 is 0 Å². The topological polar surface area (TPSA) is 46.9 Å². The second-order valence-electron chi connectivity index (χ2n) is 5.41. The zero-order valence-electron chi connectivity index (χ0n) is 13.1. The standard InChI is InChI=1S/C18H18ClN3O/c1-3-22-16-7-5-4-6-15(16)21-17(22)12(2)20-18(23)13-8-10-14(19)11-9-13/h4-12H,3H2,1-2H3,(H,20,23). The summed E-state index contributed by atoms with van der Waals surface area (Å²) in [7, 11) is 0. The van der Waals surface area contributed by atoms with Crippen molar-refractivity contribution in [2.75, 3.05) is 0 Å². The van der Waals surface area contributed by atoms with Gasteiger partial charge in [0.15, 0.2) is 0 Å². The monoisotopic (exact) mass is 327 g/mol. The molecule has 23 heavy (non-hydrogen) atoms. The van der Waals surface area contributed by atoms with Crippen LogP contribution in [0, 0.1) is 0 Å². The summed E-state index contributed by atoms with van der Waals surface area (Å²) in [4.78, 5) is 17.0. The number of amides is 1. The third-order valence-corrected chi connectivity index (χ3v) is 4.09. The number of imidazole rings is 1. The molecule has 1 heterocycles. The number of hydrogen-bond acceptors (Lipinski definition) is 2. The Balaban J connectivity index is 1.87. The summed E-state index contributed by atoms with van der Waals surface area (Å²) in [6.45, 7) is 4.82. The van der Waals surface area contributed by atoms with Gasteiger partial charge in [-0.05, 0) is 50.2 Å².